The molecule has 0 aliphatic heterocycles. The molecule has 1 aromatic heterocycles. The zero-order valence-corrected chi connectivity index (χ0v) is 12.9. The fourth-order valence-electron chi connectivity index (χ4n) is 1.68. The van der Waals surface area contributed by atoms with E-state index in [1.54, 1.807) is 0 Å². The Morgan fingerprint density at radius 1 is 1.29 bits per heavy atom. The van der Waals surface area contributed by atoms with Gasteiger partial charge in [-0.1, -0.05) is 17.8 Å². The predicted molar refractivity (Wildman–Crippen MR) is 82.3 cm³/mol. The molecule has 0 aliphatic rings. The highest BCUT2D eigenvalue weighted by atomic mass is 32.2. The highest BCUT2D eigenvalue weighted by molar-refractivity contribution is 7.99. The number of hydrogen-bond donors (Lipinski definition) is 3. The Hall–Kier alpha value is -2.75. The van der Waals surface area contributed by atoms with E-state index >= 15 is 0 Å². The number of nitrogen functional groups attached to an aromatic ring is 1. The summed E-state index contributed by atoms with van der Waals surface area (Å²) in [5.41, 5.74) is 6.03. The van der Waals surface area contributed by atoms with Crippen LogP contribution in [0.2, 0.25) is 0 Å². The van der Waals surface area contributed by atoms with Crippen molar-refractivity contribution in [3.05, 3.63) is 47.2 Å². The lowest BCUT2D eigenvalue weighted by molar-refractivity contribution is -0.133. The molecule has 0 radical (unpaired) electrons. The maximum Gasteiger partial charge on any atom is 0.313 e. The number of benzene rings is 1. The molecule has 1 heterocycles. The topological polar surface area (TPSA) is 118 Å². The van der Waals surface area contributed by atoms with Crippen LogP contribution in [0.1, 0.15) is 15.9 Å². The number of nitrogens with zero attached hydrogens (tertiary/aromatic N) is 2. The molecule has 0 atom stereocenters. The monoisotopic (exact) mass is 354 g/mol. The number of carboxylic acids is 1. The van der Waals surface area contributed by atoms with Gasteiger partial charge in [0.05, 0.1) is 11.3 Å². The van der Waals surface area contributed by atoms with Gasteiger partial charge in [0, 0.05) is 12.7 Å². The smallest absolute Gasteiger partial charge is 0.313 e. The van der Waals surface area contributed by atoms with E-state index in [2.05, 4.69) is 15.3 Å². The van der Waals surface area contributed by atoms with E-state index in [1.807, 2.05) is 0 Å². The van der Waals surface area contributed by atoms with Gasteiger partial charge in [-0.25, -0.2) is 18.7 Å². The first-order valence-corrected chi connectivity index (χ1v) is 7.54. The minimum absolute atomic E-state index is 0.00254. The summed E-state index contributed by atoms with van der Waals surface area (Å²) in [6.45, 7) is -0.0367. The Kier molecular flexibility index (Phi) is 5.64. The predicted octanol–water partition coefficient (Wildman–Crippen LogP) is 1.44. The van der Waals surface area contributed by atoms with E-state index < -0.39 is 23.5 Å². The standard InChI is InChI=1S/C14H12F2N4O3S/c15-9-2-1-7(3-10(9)16)4-18-13(23)8-5-19-14(20-12(8)17)24-6-11(21)22/h1-3,5H,4,6H2,(H,18,23)(H,21,22)(H2,17,19,20). The minimum Gasteiger partial charge on any atom is -0.481 e. The van der Waals surface area contributed by atoms with Gasteiger partial charge in [0.25, 0.3) is 5.91 Å². The number of anilines is 1. The number of amides is 1. The summed E-state index contributed by atoms with van der Waals surface area (Å²) in [6, 6.07) is 3.27. The normalized spacial score (nSPS) is 10.4. The van der Waals surface area contributed by atoms with Gasteiger partial charge in [-0.2, -0.15) is 0 Å². The van der Waals surface area contributed by atoms with Crippen LogP contribution in [0.25, 0.3) is 0 Å². The molecule has 0 spiro atoms. The number of carbonyl (C=O) groups is 2. The van der Waals surface area contributed by atoms with Crippen LogP contribution in [0.4, 0.5) is 14.6 Å². The van der Waals surface area contributed by atoms with E-state index in [4.69, 9.17) is 10.8 Å². The molecule has 1 amide bonds. The van der Waals surface area contributed by atoms with Crippen molar-refractivity contribution in [2.24, 2.45) is 0 Å². The van der Waals surface area contributed by atoms with E-state index in [1.165, 1.54) is 12.3 Å². The molecule has 0 saturated heterocycles. The van der Waals surface area contributed by atoms with Crippen molar-refractivity contribution >= 4 is 29.5 Å². The first kappa shape index (κ1) is 17.6. The summed E-state index contributed by atoms with van der Waals surface area (Å²) >= 11 is 0.866. The number of aliphatic carboxylic acids is 1. The van der Waals surface area contributed by atoms with Crippen molar-refractivity contribution < 1.29 is 23.5 Å². The summed E-state index contributed by atoms with van der Waals surface area (Å²) in [5.74, 6) is -3.95. The zero-order chi connectivity index (χ0) is 17.7. The number of hydrogen-bond acceptors (Lipinski definition) is 6. The Morgan fingerprint density at radius 2 is 2.04 bits per heavy atom. The van der Waals surface area contributed by atoms with Gasteiger partial charge in [-0.3, -0.25) is 9.59 Å². The lowest BCUT2D eigenvalue weighted by Crippen LogP contribution is -2.24. The summed E-state index contributed by atoms with van der Waals surface area (Å²) in [5, 5.41) is 11.2. The van der Waals surface area contributed by atoms with Gasteiger partial charge in [0.15, 0.2) is 16.8 Å². The third kappa shape index (κ3) is 4.62. The molecule has 0 bridgehead atoms. The molecule has 0 fully saturated rings. The molecule has 0 aliphatic carbocycles. The fraction of sp³-hybridized carbons (Fsp3) is 0.143. The summed E-state index contributed by atoms with van der Waals surface area (Å²) < 4.78 is 25.9. The van der Waals surface area contributed by atoms with Crippen molar-refractivity contribution in [3.8, 4) is 0 Å². The quantitative estimate of drug-likeness (QED) is 0.531. The highest BCUT2D eigenvalue weighted by Gasteiger charge is 2.13. The average molecular weight is 354 g/mol. The van der Waals surface area contributed by atoms with E-state index in [9.17, 15) is 18.4 Å². The number of thioether (sulfide) groups is 1. The minimum atomic E-state index is -1.03. The molecule has 24 heavy (non-hydrogen) atoms. The van der Waals surface area contributed by atoms with Crippen molar-refractivity contribution in [3.63, 3.8) is 0 Å². The van der Waals surface area contributed by atoms with Crippen molar-refractivity contribution in [1.29, 1.82) is 0 Å². The molecular weight excluding hydrogens is 342 g/mol. The van der Waals surface area contributed by atoms with Crippen LogP contribution in [-0.2, 0) is 11.3 Å². The fourth-order valence-corrected chi connectivity index (χ4v) is 2.22. The van der Waals surface area contributed by atoms with Crippen LogP contribution < -0.4 is 11.1 Å². The Morgan fingerprint density at radius 3 is 2.67 bits per heavy atom. The van der Waals surface area contributed by atoms with E-state index in [-0.39, 0.29) is 28.8 Å². The summed E-state index contributed by atoms with van der Waals surface area (Å²) in [6.07, 6.45) is 1.17. The van der Waals surface area contributed by atoms with E-state index in [0.29, 0.717) is 5.56 Å². The first-order valence-electron chi connectivity index (χ1n) is 6.56. The van der Waals surface area contributed by atoms with Crippen LogP contribution >= 0.6 is 11.8 Å². The number of nitrogens with two attached hydrogens (primary N) is 1. The van der Waals surface area contributed by atoms with Crippen LogP contribution in [0.3, 0.4) is 0 Å². The number of nitrogens with one attached hydrogen (secondary N) is 1. The molecule has 126 valence electrons. The number of halogens is 2. The van der Waals surface area contributed by atoms with Gasteiger partial charge < -0.3 is 16.2 Å². The molecule has 1 aromatic carbocycles. The van der Waals surface area contributed by atoms with Crippen LogP contribution in [0, 0.1) is 11.6 Å². The van der Waals surface area contributed by atoms with Crippen LogP contribution in [-0.4, -0.2) is 32.7 Å². The molecule has 2 rings (SSSR count). The number of carbonyl (C=O) groups excluding carboxylic acids is 1. The van der Waals surface area contributed by atoms with Crippen molar-refractivity contribution in [1.82, 2.24) is 15.3 Å². The molecule has 2 aromatic rings. The van der Waals surface area contributed by atoms with Crippen molar-refractivity contribution in [2.75, 3.05) is 11.5 Å². The highest BCUT2D eigenvalue weighted by Crippen LogP contribution is 2.16. The summed E-state index contributed by atoms with van der Waals surface area (Å²) in [7, 11) is 0. The lowest BCUT2D eigenvalue weighted by atomic mass is 10.2. The second-order valence-electron chi connectivity index (χ2n) is 4.57. The second kappa shape index (κ2) is 7.68. The van der Waals surface area contributed by atoms with E-state index in [0.717, 1.165) is 23.9 Å². The Bertz CT molecular complexity index is 789. The summed E-state index contributed by atoms with van der Waals surface area (Å²) in [4.78, 5) is 30.2. The number of aromatic nitrogens is 2. The molecule has 7 nitrogen and oxygen atoms in total. The maximum absolute atomic E-state index is 13.1. The van der Waals surface area contributed by atoms with Gasteiger partial charge in [-0.15, -0.1) is 0 Å². The lowest BCUT2D eigenvalue weighted by Gasteiger charge is -2.08. The van der Waals surface area contributed by atoms with Crippen LogP contribution in [0.15, 0.2) is 29.6 Å². The molecular formula is C14H12F2N4O3S. The van der Waals surface area contributed by atoms with Gasteiger partial charge in [0.2, 0.25) is 0 Å². The Labute approximate surface area is 139 Å². The van der Waals surface area contributed by atoms with Gasteiger partial charge in [0.1, 0.15) is 5.82 Å². The van der Waals surface area contributed by atoms with Gasteiger partial charge >= 0.3 is 5.97 Å². The zero-order valence-electron chi connectivity index (χ0n) is 12.1. The first-order chi connectivity index (χ1) is 11.4. The maximum atomic E-state index is 13.1. The molecule has 0 unspecified atom stereocenters. The van der Waals surface area contributed by atoms with Crippen LogP contribution in [0.5, 0.6) is 0 Å². The van der Waals surface area contributed by atoms with Crippen molar-refractivity contribution in [2.45, 2.75) is 11.7 Å². The number of carboxylic acid groups (broad SMARTS) is 1. The molecule has 4 N–H and O–H groups in total. The average Bonchev–Trinajstić information content (AvgIpc) is 2.53. The third-order valence-electron chi connectivity index (χ3n) is 2.80. The third-order valence-corrected chi connectivity index (χ3v) is 3.65. The van der Waals surface area contributed by atoms with Gasteiger partial charge in [-0.05, 0) is 17.7 Å². The molecule has 0 saturated carbocycles. The molecule has 10 heteroatoms. The number of rotatable bonds is 6. The largest absolute Gasteiger partial charge is 0.481 e. The SMILES string of the molecule is Nc1nc(SCC(=O)O)ncc1C(=O)NCc1ccc(F)c(F)c1. The Balaban J connectivity index is 2.01. The second-order valence-corrected chi connectivity index (χ2v) is 5.51.